The summed E-state index contributed by atoms with van der Waals surface area (Å²) in [4.78, 5) is 15.2. The molecular weight excluding hydrogens is 266 g/mol. The highest BCUT2D eigenvalue weighted by atomic mass is 16.6. The van der Waals surface area contributed by atoms with Gasteiger partial charge in [-0.1, -0.05) is 0 Å². The zero-order valence-electron chi connectivity index (χ0n) is 11.1. The molecule has 2 rings (SSSR count). The molecule has 0 aromatic carbocycles. The first-order chi connectivity index (χ1) is 9.32. The number of aliphatic hydroxyl groups is 3. The standard InChI is InChI=1S/C12H17N3O5/c1-5(2)7(16)10-8(17)9(18)11(20-10)15-4-3-6(13)14-12(15)19/h3-4,8-11,16-18H,1-2H3,(H2,13,14,19)/t8-,9+,10+,11+/m0/s1. The Morgan fingerprint density at radius 1 is 1.40 bits per heavy atom. The molecule has 1 fully saturated rings. The van der Waals surface area contributed by atoms with Gasteiger partial charge in [0, 0.05) is 6.20 Å². The van der Waals surface area contributed by atoms with E-state index in [0.717, 1.165) is 4.57 Å². The van der Waals surface area contributed by atoms with E-state index in [1.54, 1.807) is 13.8 Å². The van der Waals surface area contributed by atoms with Crippen molar-refractivity contribution in [3.63, 3.8) is 0 Å². The van der Waals surface area contributed by atoms with Crippen LogP contribution in [0.2, 0.25) is 0 Å². The van der Waals surface area contributed by atoms with Crippen LogP contribution in [0.5, 0.6) is 0 Å². The molecule has 1 aromatic heterocycles. The Labute approximate surface area is 114 Å². The molecule has 0 bridgehead atoms. The van der Waals surface area contributed by atoms with Crippen LogP contribution in [0.15, 0.2) is 28.4 Å². The van der Waals surface area contributed by atoms with Crippen LogP contribution in [0, 0.1) is 0 Å². The number of allylic oxidation sites excluding steroid dienone is 1. The van der Waals surface area contributed by atoms with Crippen LogP contribution in [0.1, 0.15) is 20.1 Å². The van der Waals surface area contributed by atoms with E-state index >= 15 is 0 Å². The van der Waals surface area contributed by atoms with Crippen LogP contribution in [0.4, 0.5) is 5.82 Å². The Balaban J connectivity index is 2.36. The lowest BCUT2D eigenvalue weighted by molar-refractivity contribution is -0.0392. The van der Waals surface area contributed by atoms with Crippen LogP contribution in [0.3, 0.4) is 0 Å². The van der Waals surface area contributed by atoms with Crippen LogP contribution in [-0.4, -0.2) is 43.2 Å². The highest BCUT2D eigenvalue weighted by molar-refractivity contribution is 5.23. The first-order valence-electron chi connectivity index (χ1n) is 6.05. The first-order valence-corrected chi connectivity index (χ1v) is 6.05. The van der Waals surface area contributed by atoms with E-state index in [-0.39, 0.29) is 11.6 Å². The van der Waals surface area contributed by atoms with E-state index in [1.807, 2.05) is 0 Å². The van der Waals surface area contributed by atoms with Gasteiger partial charge in [0.25, 0.3) is 0 Å². The third-order valence-electron chi connectivity index (χ3n) is 3.15. The lowest BCUT2D eigenvalue weighted by Gasteiger charge is -2.16. The summed E-state index contributed by atoms with van der Waals surface area (Å²) in [5.41, 5.74) is 5.22. The van der Waals surface area contributed by atoms with Gasteiger partial charge >= 0.3 is 5.69 Å². The Hall–Kier alpha value is -1.90. The van der Waals surface area contributed by atoms with Gasteiger partial charge in [-0.25, -0.2) is 4.79 Å². The van der Waals surface area contributed by atoms with E-state index in [1.165, 1.54) is 12.3 Å². The first kappa shape index (κ1) is 14.5. The summed E-state index contributed by atoms with van der Waals surface area (Å²) in [7, 11) is 0. The van der Waals surface area contributed by atoms with Crippen LogP contribution >= 0.6 is 0 Å². The van der Waals surface area contributed by atoms with Crippen LogP contribution < -0.4 is 11.4 Å². The van der Waals surface area contributed by atoms with Gasteiger partial charge in [-0.3, -0.25) is 4.57 Å². The second-order valence-corrected chi connectivity index (χ2v) is 4.86. The summed E-state index contributed by atoms with van der Waals surface area (Å²) >= 11 is 0. The number of aliphatic hydroxyl groups excluding tert-OH is 3. The topological polar surface area (TPSA) is 131 Å². The number of ether oxygens (including phenoxy) is 1. The average Bonchev–Trinajstić information content (AvgIpc) is 2.66. The molecule has 1 saturated heterocycles. The van der Waals surface area contributed by atoms with Gasteiger partial charge in [-0.2, -0.15) is 4.98 Å². The lowest BCUT2D eigenvalue weighted by Crippen LogP contribution is -2.35. The van der Waals surface area contributed by atoms with Crippen molar-refractivity contribution in [1.29, 1.82) is 0 Å². The maximum Gasteiger partial charge on any atom is 0.351 e. The van der Waals surface area contributed by atoms with Crippen LogP contribution in [0.25, 0.3) is 0 Å². The van der Waals surface area contributed by atoms with Crippen molar-refractivity contribution in [1.82, 2.24) is 9.55 Å². The molecule has 0 amide bonds. The monoisotopic (exact) mass is 283 g/mol. The molecule has 0 radical (unpaired) electrons. The molecule has 8 nitrogen and oxygen atoms in total. The van der Waals surface area contributed by atoms with Gasteiger partial charge in [0.15, 0.2) is 6.23 Å². The number of nitrogens with two attached hydrogens (primary N) is 1. The fourth-order valence-electron chi connectivity index (χ4n) is 2.02. The number of rotatable bonds is 2. The van der Waals surface area contributed by atoms with E-state index in [2.05, 4.69) is 4.98 Å². The molecule has 20 heavy (non-hydrogen) atoms. The summed E-state index contributed by atoms with van der Waals surface area (Å²) in [6, 6.07) is 1.37. The molecule has 0 unspecified atom stereocenters. The minimum Gasteiger partial charge on any atom is -0.510 e. The fourth-order valence-corrected chi connectivity index (χ4v) is 2.02. The molecule has 4 atom stereocenters. The molecule has 1 aliphatic heterocycles. The Morgan fingerprint density at radius 2 is 2.05 bits per heavy atom. The van der Waals surface area contributed by atoms with E-state index in [0.29, 0.717) is 5.57 Å². The summed E-state index contributed by atoms with van der Waals surface area (Å²) in [6.07, 6.45) is -3.64. The average molecular weight is 283 g/mol. The highest BCUT2D eigenvalue weighted by Crippen LogP contribution is 2.32. The normalized spacial score (nSPS) is 29.4. The van der Waals surface area contributed by atoms with Crippen LogP contribution in [-0.2, 0) is 4.74 Å². The third kappa shape index (κ3) is 2.40. The van der Waals surface area contributed by atoms with Gasteiger partial charge in [0.05, 0.1) is 0 Å². The number of hydrogen-bond acceptors (Lipinski definition) is 7. The smallest absolute Gasteiger partial charge is 0.351 e. The highest BCUT2D eigenvalue weighted by Gasteiger charge is 2.46. The molecule has 2 heterocycles. The van der Waals surface area contributed by atoms with Crippen molar-refractivity contribution >= 4 is 5.82 Å². The molecular formula is C12H17N3O5. The maximum atomic E-state index is 11.7. The molecule has 1 aromatic rings. The zero-order chi connectivity index (χ0) is 15.0. The molecule has 0 aliphatic carbocycles. The Kier molecular flexibility index (Phi) is 3.80. The molecule has 0 spiro atoms. The molecule has 1 aliphatic rings. The fraction of sp³-hybridized carbons (Fsp3) is 0.500. The quantitative estimate of drug-likeness (QED) is 0.528. The predicted octanol–water partition coefficient (Wildman–Crippen LogP) is -0.703. The molecule has 110 valence electrons. The predicted molar refractivity (Wildman–Crippen MR) is 69.8 cm³/mol. The van der Waals surface area contributed by atoms with Crippen molar-refractivity contribution in [2.24, 2.45) is 0 Å². The maximum absolute atomic E-state index is 11.7. The summed E-state index contributed by atoms with van der Waals surface area (Å²) in [6.45, 7) is 3.28. The third-order valence-corrected chi connectivity index (χ3v) is 3.15. The van der Waals surface area contributed by atoms with E-state index < -0.39 is 30.2 Å². The zero-order valence-corrected chi connectivity index (χ0v) is 11.1. The van der Waals surface area contributed by atoms with Crippen molar-refractivity contribution in [2.45, 2.75) is 38.4 Å². The molecule has 0 saturated carbocycles. The summed E-state index contributed by atoms with van der Waals surface area (Å²) < 4.78 is 6.41. The second kappa shape index (κ2) is 5.23. The van der Waals surface area contributed by atoms with Gasteiger partial charge in [-0.15, -0.1) is 0 Å². The van der Waals surface area contributed by atoms with E-state index in [4.69, 9.17) is 10.5 Å². The SMILES string of the molecule is CC(C)=C(O)[C@H]1O[C@@H](n2ccc(N)nc2=O)[C@H](O)[C@@H]1O. The molecule has 8 heteroatoms. The van der Waals surface area contributed by atoms with Gasteiger partial charge < -0.3 is 25.8 Å². The number of nitrogens with zero attached hydrogens (tertiary/aromatic N) is 2. The van der Waals surface area contributed by atoms with Crippen molar-refractivity contribution in [3.05, 3.63) is 34.1 Å². The number of nitrogen functional groups attached to an aromatic ring is 1. The van der Waals surface area contributed by atoms with Crippen molar-refractivity contribution < 1.29 is 20.1 Å². The van der Waals surface area contributed by atoms with Crippen molar-refractivity contribution in [3.8, 4) is 0 Å². The largest absolute Gasteiger partial charge is 0.510 e. The number of hydrogen-bond donors (Lipinski definition) is 4. The lowest BCUT2D eigenvalue weighted by atomic mass is 10.1. The van der Waals surface area contributed by atoms with Gasteiger partial charge in [0.1, 0.15) is 29.9 Å². The minimum absolute atomic E-state index is 0.0444. The van der Waals surface area contributed by atoms with Gasteiger partial charge in [0.2, 0.25) is 0 Å². The summed E-state index contributed by atoms with van der Waals surface area (Å²) in [5.74, 6) is -0.126. The Morgan fingerprint density at radius 3 is 2.60 bits per heavy atom. The second-order valence-electron chi connectivity index (χ2n) is 4.86. The number of aromatic nitrogens is 2. The Bertz CT molecular complexity index is 593. The van der Waals surface area contributed by atoms with E-state index in [9.17, 15) is 20.1 Å². The summed E-state index contributed by atoms with van der Waals surface area (Å²) in [5, 5.41) is 29.8. The molecule has 5 N–H and O–H groups in total. The van der Waals surface area contributed by atoms with Gasteiger partial charge in [-0.05, 0) is 25.5 Å². The minimum atomic E-state index is -1.37. The van der Waals surface area contributed by atoms with Crippen molar-refractivity contribution in [2.75, 3.05) is 5.73 Å². The number of anilines is 1.